The summed E-state index contributed by atoms with van der Waals surface area (Å²) >= 11 is 1.15. The minimum absolute atomic E-state index is 0.110. The molecular formula is C34H32N4O2S. The molecule has 0 fully saturated rings. The molecule has 0 saturated carbocycles. The van der Waals surface area contributed by atoms with Gasteiger partial charge in [0.2, 0.25) is 0 Å². The van der Waals surface area contributed by atoms with Crippen molar-refractivity contribution in [3.63, 3.8) is 0 Å². The van der Waals surface area contributed by atoms with E-state index < -0.39 is 0 Å². The van der Waals surface area contributed by atoms with Crippen LogP contribution < -0.4 is 9.64 Å². The van der Waals surface area contributed by atoms with Crippen LogP contribution in [0.15, 0.2) is 106 Å². The highest BCUT2D eigenvalue weighted by Gasteiger charge is 2.37. The minimum Gasteiger partial charge on any atom is -0.497 e. The fraction of sp³-hybridized carbons (Fsp3) is 0.206. The van der Waals surface area contributed by atoms with Crippen molar-refractivity contribution in [2.75, 3.05) is 25.1 Å². The van der Waals surface area contributed by atoms with E-state index in [9.17, 15) is 4.79 Å². The number of hydrazone groups is 1. The van der Waals surface area contributed by atoms with Gasteiger partial charge in [-0.25, -0.2) is 5.01 Å². The summed E-state index contributed by atoms with van der Waals surface area (Å²) in [6.45, 7) is 6.23. The molecule has 6 nitrogen and oxygen atoms in total. The van der Waals surface area contributed by atoms with E-state index in [0.29, 0.717) is 12.3 Å². The standard InChI is InChI=1S/C34H32N4O2S/c1-4-37(5-2)28-16-10-23(11-17-28)20-32-33(35-34(39)41-32)38-31(25-14-18-29(40-3)19-15-25)22-30(36-38)27-13-12-24-8-6-7-9-26(24)21-27/h6-21,31H,4-5,22H2,1-3H3/b32-20-. The van der Waals surface area contributed by atoms with Gasteiger partial charge in [0.25, 0.3) is 0 Å². The average Bonchev–Trinajstić information content (AvgIpc) is 3.61. The normalized spacial score (nSPS) is 17.7. The van der Waals surface area contributed by atoms with E-state index in [1.807, 2.05) is 23.2 Å². The summed E-state index contributed by atoms with van der Waals surface area (Å²) in [5.74, 6) is 1.39. The summed E-state index contributed by atoms with van der Waals surface area (Å²) in [6.07, 6.45) is 2.73. The molecule has 2 aliphatic rings. The van der Waals surface area contributed by atoms with Gasteiger partial charge in [-0.05, 0) is 89.5 Å². The third-order valence-electron chi connectivity index (χ3n) is 7.64. The number of nitrogens with zero attached hydrogens (tertiary/aromatic N) is 4. The lowest BCUT2D eigenvalue weighted by atomic mass is 9.97. The van der Waals surface area contributed by atoms with Crippen LogP contribution in [-0.2, 0) is 0 Å². The largest absolute Gasteiger partial charge is 0.497 e. The number of ether oxygens (including phenoxy) is 1. The van der Waals surface area contributed by atoms with Crippen molar-refractivity contribution in [3.8, 4) is 5.75 Å². The monoisotopic (exact) mass is 560 g/mol. The highest BCUT2D eigenvalue weighted by atomic mass is 32.2. The molecule has 1 unspecified atom stereocenters. The number of rotatable bonds is 7. The zero-order valence-corrected chi connectivity index (χ0v) is 24.3. The quantitative estimate of drug-likeness (QED) is 0.228. The second-order valence-corrected chi connectivity index (χ2v) is 11.0. The first-order valence-electron chi connectivity index (χ1n) is 13.9. The molecular weight excluding hydrogens is 528 g/mol. The molecule has 41 heavy (non-hydrogen) atoms. The van der Waals surface area contributed by atoms with Crippen molar-refractivity contribution in [1.82, 2.24) is 5.01 Å². The fourth-order valence-corrected chi connectivity index (χ4v) is 6.16. The second-order valence-electron chi connectivity index (χ2n) is 10.0. The van der Waals surface area contributed by atoms with Crippen LogP contribution in [0.5, 0.6) is 5.75 Å². The molecule has 0 radical (unpaired) electrons. The van der Waals surface area contributed by atoms with E-state index in [2.05, 4.69) is 103 Å². The van der Waals surface area contributed by atoms with E-state index in [1.165, 1.54) is 16.5 Å². The molecule has 0 saturated heterocycles. The molecule has 2 aliphatic heterocycles. The molecule has 1 atom stereocenters. The predicted octanol–water partition coefficient (Wildman–Crippen LogP) is 8.15. The van der Waals surface area contributed by atoms with Gasteiger partial charge >= 0.3 is 5.24 Å². The van der Waals surface area contributed by atoms with Crippen LogP contribution in [0.2, 0.25) is 0 Å². The Hall–Kier alpha value is -4.36. The summed E-state index contributed by atoms with van der Waals surface area (Å²) in [6, 6.07) is 31.2. The number of hydrogen-bond acceptors (Lipinski definition) is 6. The maximum atomic E-state index is 12.7. The van der Waals surface area contributed by atoms with E-state index in [-0.39, 0.29) is 11.3 Å². The molecule has 2 heterocycles. The molecule has 0 N–H and O–H groups in total. The first kappa shape index (κ1) is 26.8. The summed E-state index contributed by atoms with van der Waals surface area (Å²) in [4.78, 5) is 20.3. The van der Waals surface area contributed by atoms with Crippen molar-refractivity contribution in [2.45, 2.75) is 26.3 Å². The van der Waals surface area contributed by atoms with Gasteiger partial charge in [-0.3, -0.25) is 4.79 Å². The number of carbonyl (C=O) groups is 1. The maximum Gasteiger partial charge on any atom is 0.311 e. The highest BCUT2D eigenvalue weighted by Crippen LogP contribution is 2.40. The molecule has 6 rings (SSSR count). The van der Waals surface area contributed by atoms with Gasteiger partial charge in [-0.1, -0.05) is 60.7 Å². The Morgan fingerprint density at radius 2 is 1.68 bits per heavy atom. The molecule has 206 valence electrons. The third-order valence-corrected chi connectivity index (χ3v) is 8.43. The summed E-state index contributed by atoms with van der Waals surface area (Å²) in [7, 11) is 1.67. The zero-order valence-electron chi connectivity index (χ0n) is 23.4. The van der Waals surface area contributed by atoms with Crippen LogP contribution in [0.3, 0.4) is 0 Å². The van der Waals surface area contributed by atoms with E-state index in [0.717, 1.165) is 57.9 Å². The zero-order chi connectivity index (χ0) is 28.3. The number of benzene rings is 4. The van der Waals surface area contributed by atoms with Crippen molar-refractivity contribution < 1.29 is 9.53 Å². The Labute approximate surface area is 245 Å². The summed E-state index contributed by atoms with van der Waals surface area (Å²) in [5, 5.41) is 9.17. The molecule has 0 bridgehead atoms. The lowest BCUT2D eigenvalue weighted by Crippen LogP contribution is -2.26. The van der Waals surface area contributed by atoms with Gasteiger partial charge in [0, 0.05) is 25.2 Å². The molecule has 4 aromatic carbocycles. The van der Waals surface area contributed by atoms with Crippen LogP contribution >= 0.6 is 11.8 Å². The van der Waals surface area contributed by atoms with Gasteiger partial charge in [-0.2, -0.15) is 10.1 Å². The molecule has 0 aromatic heterocycles. The van der Waals surface area contributed by atoms with Crippen molar-refractivity contribution in [1.29, 1.82) is 0 Å². The minimum atomic E-state index is -0.228. The van der Waals surface area contributed by atoms with E-state index in [4.69, 9.17) is 9.84 Å². The van der Waals surface area contributed by atoms with Crippen molar-refractivity contribution >= 4 is 51.1 Å². The molecule has 1 amide bonds. The predicted molar refractivity (Wildman–Crippen MR) is 171 cm³/mol. The Balaban J connectivity index is 1.38. The number of amides is 1. The van der Waals surface area contributed by atoms with Gasteiger partial charge < -0.3 is 9.64 Å². The van der Waals surface area contributed by atoms with Crippen LogP contribution in [0.1, 0.15) is 43.0 Å². The average molecular weight is 561 g/mol. The number of anilines is 1. The maximum absolute atomic E-state index is 12.7. The highest BCUT2D eigenvalue weighted by molar-refractivity contribution is 8.18. The number of aliphatic imine (C=N–C) groups is 1. The van der Waals surface area contributed by atoms with Crippen LogP contribution in [0.25, 0.3) is 16.8 Å². The van der Waals surface area contributed by atoms with E-state index in [1.54, 1.807) is 7.11 Å². The van der Waals surface area contributed by atoms with E-state index >= 15 is 0 Å². The second kappa shape index (κ2) is 11.6. The number of hydrogen-bond donors (Lipinski definition) is 0. The van der Waals surface area contributed by atoms with Gasteiger partial charge in [0.1, 0.15) is 5.75 Å². The molecule has 0 aliphatic carbocycles. The smallest absolute Gasteiger partial charge is 0.311 e. The van der Waals surface area contributed by atoms with Gasteiger partial charge in [0.15, 0.2) is 5.84 Å². The summed E-state index contributed by atoms with van der Waals surface area (Å²) in [5.41, 5.74) is 5.32. The topological polar surface area (TPSA) is 57.5 Å². The fourth-order valence-electron chi connectivity index (χ4n) is 5.42. The number of fused-ring (bicyclic) bond motifs is 1. The van der Waals surface area contributed by atoms with Crippen LogP contribution in [0, 0.1) is 0 Å². The number of thioether (sulfide) groups is 1. The first-order chi connectivity index (χ1) is 20.1. The van der Waals surface area contributed by atoms with Crippen molar-refractivity contribution in [2.24, 2.45) is 10.1 Å². The number of carbonyl (C=O) groups excluding carboxylic acids is 1. The van der Waals surface area contributed by atoms with Crippen LogP contribution in [0.4, 0.5) is 10.5 Å². The molecule has 0 spiro atoms. The Bertz CT molecular complexity index is 1670. The number of amidine groups is 1. The SMILES string of the molecule is CCN(CC)c1ccc(/C=C2\SC(=O)N=C2N2N=C(c3ccc4ccccc4c3)CC2c2ccc(OC)cc2)cc1. The molecule has 7 heteroatoms. The Morgan fingerprint density at radius 3 is 2.39 bits per heavy atom. The van der Waals surface area contributed by atoms with Crippen molar-refractivity contribution in [3.05, 3.63) is 113 Å². The lowest BCUT2D eigenvalue weighted by molar-refractivity contribution is 0.267. The third kappa shape index (κ3) is 5.50. The first-order valence-corrected chi connectivity index (χ1v) is 14.8. The lowest BCUT2D eigenvalue weighted by Gasteiger charge is -2.24. The Kier molecular flexibility index (Phi) is 7.61. The van der Waals surface area contributed by atoms with Gasteiger partial charge in [-0.15, -0.1) is 0 Å². The molecule has 4 aromatic rings. The number of methoxy groups -OCH3 is 1. The Morgan fingerprint density at radius 1 is 0.951 bits per heavy atom. The summed E-state index contributed by atoms with van der Waals surface area (Å²) < 4.78 is 5.40. The van der Waals surface area contributed by atoms with Crippen LogP contribution in [-0.4, -0.2) is 42.0 Å². The van der Waals surface area contributed by atoms with Gasteiger partial charge in [0.05, 0.1) is 23.8 Å².